The molecule has 3 fully saturated rings. The summed E-state index contributed by atoms with van der Waals surface area (Å²) in [5.41, 5.74) is 3.07. The van der Waals surface area contributed by atoms with Crippen molar-refractivity contribution >= 4 is 27.5 Å². The fraction of sp³-hybridized carbons (Fsp3) is 0.333. The number of benzene rings is 2. The third-order valence-electron chi connectivity index (χ3n) is 10.3. The van der Waals surface area contributed by atoms with E-state index in [1.54, 1.807) is 18.3 Å². The molecule has 3 aromatic heterocycles. The van der Waals surface area contributed by atoms with Crippen molar-refractivity contribution in [3.05, 3.63) is 77.5 Å². The first-order valence-corrected chi connectivity index (χ1v) is 15.9. The number of terminal acetylenes is 1. The number of anilines is 1. The number of aromatic hydroxyl groups is 1. The Hall–Kier alpha value is -4.85. The van der Waals surface area contributed by atoms with E-state index in [2.05, 4.69) is 32.1 Å². The molecule has 2 bridgehead atoms. The number of rotatable bonds is 5. The van der Waals surface area contributed by atoms with Crippen molar-refractivity contribution in [1.29, 1.82) is 0 Å². The van der Waals surface area contributed by atoms with Crippen molar-refractivity contribution < 1.29 is 14.2 Å². The summed E-state index contributed by atoms with van der Waals surface area (Å²) >= 11 is 0. The molecule has 0 amide bonds. The van der Waals surface area contributed by atoms with Gasteiger partial charge in [-0.1, -0.05) is 24.1 Å². The smallest absolute Gasteiger partial charge is 0.319 e. The number of fused-ring (bicyclic) bond motifs is 7. The van der Waals surface area contributed by atoms with E-state index in [4.69, 9.17) is 26.1 Å². The minimum absolute atomic E-state index is 0.00696. The Bertz CT molecular complexity index is 2090. The van der Waals surface area contributed by atoms with Gasteiger partial charge in [0.05, 0.1) is 16.6 Å². The summed E-state index contributed by atoms with van der Waals surface area (Å²) in [6.07, 6.45) is 13.5. The quantitative estimate of drug-likeness (QED) is 0.269. The van der Waals surface area contributed by atoms with Crippen LogP contribution < -0.4 is 15.0 Å². The molecule has 9 rings (SSSR count). The molecule has 0 aliphatic carbocycles. The van der Waals surface area contributed by atoms with Crippen molar-refractivity contribution in [2.75, 3.05) is 31.1 Å². The van der Waals surface area contributed by atoms with Crippen LogP contribution in [0.25, 0.3) is 32.9 Å². The first-order chi connectivity index (χ1) is 22.5. The van der Waals surface area contributed by atoms with E-state index in [9.17, 15) is 5.11 Å². The fourth-order valence-corrected chi connectivity index (χ4v) is 8.24. The molecular formula is C36H32FN7O2. The highest BCUT2D eigenvalue weighted by Gasteiger charge is 2.50. The molecule has 3 unspecified atom stereocenters. The van der Waals surface area contributed by atoms with Crippen molar-refractivity contribution in [3.8, 4) is 35.4 Å². The highest BCUT2D eigenvalue weighted by molar-refractivity contribution is 6.02. The summed E-state index contributed by atoms with van der Waals surface area (Å²) in [4.78, 5) is 23.7. The lowest BCUT2D eigenvalue weighted by Gasteiger charge is -2.34. The molecule has 2 aromatic carbocycles. The Morgan fingerprint density at radius 3 is 2.83 bits per heavy atom. The Kier molecular flexibility index (Phi) is 6.17. The number of ether oxygens (including phenoxy) is 1. The highest BCUT2D eigenvalue weighted by Crippen LogP contribution is 2.46. The second-order valence-corrected chi connectivity index (χ2v) is 13.0. The maximum absolute atomic E-state index is 16.9. The maximum Gasteiger partial charge on any atom is 0.319 e. The van der Waals surface area contributed by atoms with Gasteiger partial charge >= 0.3 is 6.01 Å². The minimum atomic E-state index is -0.614. The van der Waals surface area contributed by atoms with Crippen LogP contribution in [0.3, 0.4) is 0 Å². The average Bonchev–Trinajstić information content (AvgIpc) is 3.73. The number of aromatic nitrogens is 4. The summed E-state index contributed by atoms with van der Waals surface area (Å²) in [6.45, 7) is 3.62. The Balaban J connectivity index is 1.19. The number of pyridine rings is 2. The number of halogens is 1. The second kappa shape index (κ2) is 10.3. The molecule has 4 aliphatic rings. The van der Waals surface area contributed by atoms with Gasteiger partial charge in [0.25, 0.3) is 0 Å². The fourth-order valence-electron chi connectivity index (χ4n) is 8.24. The molecule has 0 radical (unpaired) electrons. The maximum atomic E-state index is 16.9. The standard InChI is InChI=1S/C36H32FN7O2/c1-2-21-6-3-7-22-14-26(45)15-27(29(21)22)31-30(37)32-28(16-39-31)34(43-18-24-9-10-25(19-43)40-24)42-35(41-32)46-20-36-11-5-13-44(36)17-23-8-4-12-38-33(23)36/h1,3-4,6-8,12,14-16,24-25,40,45H,5,9-11,13,17-20H2. The van der Waals surface area contributed by atoms with E-state index in [0.717, 1.165) is 57.6 Å². The first-order valence-electron chi connectivity index (χ1n) is 15.9. The molecule has 3 atom stereocenters. The number of piperazine rings is 1. The summed E-state index contributed by atoms with van der Waals surface area (Å²) in [7, 11) is 0. The van der Waals surface area contributed by atoms with Gasteiger partial charge < -0.3 is 20.1 Å². The summed E-state index contributed by atoms with van der Waals surface area (Å²) in [5, 5.41) is 16.1. The van der Waals surface area contributed by atoms with Gasteiger partial charge in [-0.2, -0.15) is 9.97 Å². The van der Waals surface area contributed by atoms with E-state index in [1.807, 2.05) is 24.4 Å². The Labute approximate surface area is 265 Å². The van der Waals surface area contributed by atoms with Crippen LogP contribution in [0.2, 0.25) is 0 Å². The van der Waals surface area contributed by atoms with Crippen molar-refractivity contribution in [1.82, 2.24) is 30.2 Å². The predicted octanol–water partition coefficient (Wildman–Crippen LogP) is 4.89. The second-order valence-electron chi connectivity index (χ2n) is 13.0. The van der Waals surface area contributed by atoms with Crippen molar-refractivity contribution in [3.63, 3.8) is 0 Å². The minimum Gasteiger partial charge on any atom is -0.508 e. The van der Waals surface area contributed by atoms with Gasteiger partial charge in [-0.3, -0.25) is 14.9 Å². The summed E-state index contributed by atoms with van der Waals surface area (Å²) < 4.78 is 23.4. The Morgan fingerprint density at radius 2 is 1.98 bits per heavy atom. The molecule has 9 nitrogen and oxygen atoms in total. The van der Waals surface area contributed by atoms with E-state index in [0.29, 0.717) is 51.8 Å². The van der Waals surface area contributed by atoms with E-state index < -0.39 is 5.82 Å². The van der Waals surface area contributed by atoms with Gasteiger partial charge in [0.15, 0.2) is 5.82 Å². The molecule has 2 N–H and O–H groups in total. The average molecular weight is 614 g/mol. The van der Waals surface area contributed by atoms with E-state index >= 15 is 4.39 Å². The molecule has 0 saturated carbocycles. The third-order valence-corrected chi connectivity index (χ3v) is 10.3. The summed E-state index contributed by atoms with van der Waals surface area (Å²) in [6, 6.07) is 13.5. The molecule has 46 heavy (non-hydrogen) atoms. The molecule has 7 heterocycles. The van der Waals surface area contributed by atoms with Crippen molar-refractivity contribution in [2.24, 2.45) is 0 Å². The van der Waals surface area contributed by atoms with Crippen LogP contribution in [0.4, 0.5) is 10.2 Å². The molecule has 4 aliphatic heterocycles. The van der Waals surface area contributed by atoms with Crippen LogP contribution in [-0.4, -0.2) is 68.3 Å². The first kappa shape index (κ1) is 27.5. The van der Waals surface area contributed by atoms with Gasteiger partial charge in [0.2, 0.25) is 0 Å². The van der Waals surface area contributed by atoms with Crippen LogP contribution >= 0.6 is 0 Å². The molecule has 0 spiro atoms. The normalized spacial score (nSPS) is 23.5. The SMILES string of the molecule is C#Cc1cccc2cc(O)cc(-c3ncc4c(N5CC6CCC(C5)N6)nc(OCC56CCCN5Cc5cccnc56)nc4c3F)c12. The molecular weight excluding hydrogens is 581 g/mol. The van der Waals surface area contributed by atoms with Crippen molar-refractivity contribution in [2.45, 2.75) is 49.9 Å². The largest absolute Gasteiger partial charge is 0.508 e. The summed E-state index contributed by atoms with van der Waals surface area (Å²) in [5.74, 6) is 2.70. The number of nitrogens with zero attached hydrogens (tertiary/aromatic N) is 6. The zero-order valence-corrected chi connectivity index (χ0v) is 25.2. The zero-order valence-electron chi connectivity index (χ0n) is 25.2. The van der Waals surface area contributed by atoms with Crippen LogP contribution in [0.15, 0.2) is 54.9 Å². The Morgan fingerprint density at radius 1 is 1.11 bits per heavy atom. The van der Waals surface area contributed by atoms with Gasteiger partial charge in [0, 0.05) is 60.6 Å². The van der Waals surface area contributed by atoms with Crippen LogP contribution in [0.5, 0.6) is 11.8 Å². The predicted molar refractivity (Wildman–Crippen MR) is 173 cm³/mol. The third kappa shape index (κ3) is 4.15. The number of phenolic OH excluding ortho intramolecular Hbond substituents is 1. The lowest BCUT2D eigenvalue weighted by atomic mass is 9.93. The number of hydrogen-bond acceptors (Lipinski definition) is 9. The van der Waals surface area contributed by atoms with Gasteiger partial charge in [0.1, 0.15) is 29.4 Å². The molecule has 5 aromatic rings. The number of nitrogens with one attached hydrogen (secondary N) is 1. The monoisotopic (exact) mass is 613 g/mol. The topological polar surface area (TPSA) is 99.5 Å². The van der Waals surface area contributed by atoms with E-state index in [-0.39, 0.29) is 28.5 Å². The number of hydrogen-bond donors (Lipinski definition) is 2. The van der Waals surface area contributed by atoms with Crippen LogP contribution in [-0.2, 0) is 12.1 Å². The highest BCUT2D eigenvalue weighted by atomic mass is 19.1. The lowest BCUT2D eigenvalue weighted by Crippen LogP contribution is -2.51. The molecule has 10 heteroatoms. The lowest BCUT2D eigenvalue weighted by molar-refractivity contribution is 0.0799. The zero-order chi connectivity index (χ0) is 31.0. The van der Waals surface area contributed by atoms with Gasteiger partial charge in [-0.25, -0.2) is 4.39 Å². The van der Waals surface area contributed by atoms with Gasteiger partial charge in [-0.05, 0) is 67.4 Å². The van der Waals surface area contributed by atoms with Crippen LogP contribution in [0, 0.1) is 18.2 Å². The molecule has 3 saturated heterocycles. The number of phenols is 1. The van der Waals surface area contributed by atoms with Crippen LogP contribution in [0.1, 0.15) is 42.5 Å². The molecule has 230 valence electrons. The van der Waals surface area contributed by atoms with E-state index in [1.165, 1.54) is 11.6 Å². The van der Waals surface area contributed by atoms with Gasteiger partial charge in [-0.15, -0.1) is 6.42 Å².